The summed E-state index contributed by atoms with van der Waals surface area (Å²) < 4.78 is 5.43. The van der Waals surface area contributed by atoms with E-state index in [1.807, 2.05) is 62.1 Å². The van der Waals surface area contributed by atoms with Crippen molar-refractivity contribution >= 4 is 23.2 Å². The summed E-state index contributed by atoms with van der Waals surface area (Å²) in [6.45, 7) is 8.62. The summed E-state index contributed by atoms with van der Waals surface area (Å²) in [5.74, 6) is 0.588. The number of para-hydroxylation sites is 3. The molecule has 0 aliphatic carbocycles. The highest BCUT2D eigenvalue weighted by atomic mass is 16.5. The number of ether oxygens (including phenoxy) is 1. The lowest BCUT2D eigenvalue weighted by molar-refractivity contribution is -0.134. The first kappa shape index (κ1) is 20.7. The molecule has 1 heterocycles. The average Bonchev–Trinajstić information content (AvgIpc) is 2.73. The molecule has 0 aromatic heterocycles. The molecule has 0 atom stereocenters. The maximum Gasteiger partial charge on any atom is 0.259 e. The number of nitrogens with zero attached hydrogens (tertiary/aromatic N) is 2. The largest absolute Gasteiger partial charge is 0.496 e. The van der Waals surface area contributed by atoms with Crippen LogP contribution in [0.4, 0.5) is 11.4 Å². The molecule has 3 rings (SSSR count). The smallest absolute Gasteiger partial charge is 0.259 e. The second-order valence-corrected chi connectivity index (χ2v) is 7.59. The molecular weight excluding hydrogens is 366 g/mol. The fourth-order valence-corrected chi connectivity index (χ4v) is 3.68. The van der Waals surface area contributed by atoms with Crippen LogP contribution in [-0.4, -0.2) is 50.0 Å². The first-order valence-electron chi connectivity index (χ1n) is 10.00. The molecule has 1 saturated heterocycles. The van der Waals surface area contributed by atoms with Crippen LogP contribution < -0.4 is 15.0 Å². The molecule has 1 N–H and O–H groups in total. The van der Waals surface area contributed by atoms with Gasteiger partial charge in [0.2, 0.25) is 5.91 Å². The van der Waals surface area contributed by atoms with Crippen LogP contribution in [0.1, 0.15) is 29.8 Å². The number of piperazine rings is 1. The van der Waals surface area contributed by atoms with Crippen molar-refractivity contribution < 1.29 is 14.3 Å². The van der Waals surface area contributed by atoms with Gasteiger partial charge in [0.05, 0.1) is 24.0 Å². The van der Waals surface area contributed by atoms with E-state index < -0.39 is 0 Å². The predicted molar refractivity (Wildman–Crippen MR) is 116 cm³/mol. The quantitative estimate of drug-likeness (QED) is 0.841. The fourth-order valence-electron chi connectivity index (χ4n) is 3.68. The van der Waals surface area contributed by atoms with Crippen LogP contribution in [0, 0.1) is 12.8 Å². The van der Waals surface area contributed by atoms with Crippen LogP contribution >= 0.6 is 0 Å². The summed E-state index contributed by atoms with van der Waals surface area (Å²) >= 11 is 0. The Morgan fingerprint density at radius 1 is 1.00 bits per heavy atom. The van der Waals surface area contributed by atoms with Crippen LogP contribution in [0.3, 0.4) is 0 Å². The SMILES string of the molecule is COc1c(C)cccc1C(=O)Nc1ccccc1N1CCN(C(=O)C(C)C)CC1. The van der Waals surface area contributed by atoms with E-state index in [1.54, 1.807) is 13.2 Å². The summed E-state index contributed by atoms with van der Waals surface area (Å²) in [5, 5.41) is 3.04. The molecule has 0 radical (unpaired) electrons. The molecule has 1 aliphatic heterocycles. The zero-order chi connectivity index (χ0) is 21.0. The maximum absolute atomic E-state index is 12.9. The lowest BCUT2D eigenvalue weighted by Gasteiger charge is -2.37. The van der Waals surface area contributed by atoms with E-state index in [0.717, 1.165) is 30.0 Å². The van der Waals surface area contributed by atoms with Gasteiger partial charge in [0.25, 0.3) is 5.91 Å². The molecule has 1 fully saturated rings. The summed E-state index contributed by atoms with van der Waals surface area (Å²) in [4.78, 5) is 29.3. The van der Waals surface area contributed by atoms with Gasteiger partial charge in [-0.25, -0.2) is 0 Å². The van der Waals surface area contributed by atoms with E-state index in [4.69, 9.17) is 4.74 Å². The van der Waals surface area contributed by atoms with Gasteiger partial charge in [-0.15, -0.1) is 0 Å². The van der Waals surface area contributed by atoms with Crippen molar-refractivity contribution in [2.24, 2.45) is 5.92 Å². The van der Waals surface area contributed by atoms with Crippen LogP contribution in [0.25, 0.3) is 0 Å². The molecule has 1 aliphatic rings. The number of amides is 2. The molecule has 0 bridgehead atoms. The van der Waals surface area contributed by atoms with E-state index in [1.165, 1.54) is 0 Å². The van der Waals surface area contributed by atoms with E-state index in [-0.39, 0.29) is 17.7 Å². The van der Waals surface area contributed by atoms with Crippen molar-refractivity contribution in [3.63, 3.8) is 0 Å². The van der Waals surface area contributed by atoms with Crippen LogP contribution in [0.5, 0.6) is 5.75 Å². The number of methoxy groups -OCH3 is 1. The standard InChI is InChI=1S/C23H29N3O3/c1-16(2)23(28)26-14-12-25(13-15-26)20-11-6-5-10-19(20)24-22(27)18-9-7-8-17(3)21(18)29-4/h5-11,16H,12-15H2,1-4H3,(H,24,27). The van der Waals surface area contributed by atoms with Crippen molar-refractivity contribution in [3.05, 3.63) is 53.6 Å². The van der Waals surface area contributed by atoms with Gasteiger partial charge in [-0.2, -0.15) is 0 Å². The Labute approximate surface area is 172 Å². The van der Waals surface area contributed by atoms with E-state index >= 15 is 0 Å². The Kier molecular flexibility index (Phi) is 6.42. The van der Waals surface area contributed by atoms with Gasteiger partial charge in [-0.3, -0.25) is 9.59 Å². The number of aryl methyl sites for hydroxylation is 1. The predicted octanol–water partition coefficient (Wildman–Crippen LogP) is 3.56. The van der Waals surface area contributed by atoms with Gasteiger partial charge in [-0.1, -0.05) is 38.1 Å². The van der Waals surface area contributed by atoms with Crippen molar-refractivity contribution in [2.75, 3.05) is 43.5 Å². The molecule has 2 aromatic rings. The number of hydrogen-bond acceptors (Lipinski definition) is 4. The van der Waals surface area contributed by atoms with Gasteiger partial charge in [0, 0.05) is 32.1 Å². The number of anilines is 2. The highest BCUT2D eigenvalue weighted by Gasteiger charge is 2.24. The summed E-state index contributed by atoms with van der Waals surface area (Å²) in [6.07, 6.45) is 0. The van der Waals surface area contributed by atoms with Crippen LogP contribution in [-0.2, 0) is 4.79 Å². The first-order chi connectivity index (χ1) is 13.9. The molecule has 2 aromatic carbocycles. The van der Waals surface area contributed by atoms with Crippen molar-refractivity contribution in [3.8, 4) is 5.75 Å². The third kappa shape index (κ3) is 4.53. The second-order valence-electron chi connectivity index (χ2n) is 7.59. The van der Waals surface area contributed by atoms with Crippen molar-refractivity contribution in [1.82, 2.24) is 4.90 Å². The lowest BCUT2D eigenvalue weighted by Crippen LogP contribution is -2.50. The van der Waals surface area contributed by atoms with Crippen molar-refractivity contribution in [2.45, 2.75) is 20.8 Å². The van der Waals surface area contributed by atoms with E-state index in [2.05, 4.69) is 10.2 Å². The minimum absolute atomic E-state index is 0.0115. The molecular formula is C23H29N3O3. The summed E-state index contributed by atoms with van der Waals surface area (Å²) in [5.41, 5.74) is 3.14. The lowest BCUT2D eigenvalue weighted by atomic mass is 10.1. The van der Waals surface area contributed by atoms with Gasteiger partial charge in [0.1, 0.15) is 5.75 Å². The highest BCUT2D eigenvalue weighted by molar-refractivity contribution is 6.08. The Balaban J connectivity index is 1.76. The average molecular weight is 396 g/mol. The number of carbonyl (C=O) groups excluding carboxylic acids is 2. The van der Waals surface area contributed by atoms with Crippen molar-refractivity contribution in [1.29, 1.82) is 0 Å². The molecule has 29 heavy (non-hydrogen) atoms. The molecule has 2 amide bonds. The Hall–Kier alpha value is -3.02. The maximum atomic E-state index is 12.9. The number of carbonyl (C=O) groups is 2. The van der Waals surface area contributed by atoms with E-state index in [0.29, 0.717) is 24.4 Å². The van der Waals surface area contributed by atoms with Crippen LogP contribution in [0.2, 0.25) is 0 Å². The first-order valence-corrected chi connectivity index (χ1v) is 10.00. The monoisotopic (exact) mass is 395 g/mol. The molecule has 0 spiro atoms. The molecule has 0 saturated carbocycles. The number of benzene rings is 2. The Morgan fingerprint density at radius 3 is 2.34 bits per heavy atom. The Bertz CT molecular complexity index is 887. The normalized spacial score (nSPS) is 14.1. The minimum Gasteiger partial charge on any atom is -0.496 e. The topological polar surface area (TPSA) is 61.9 Å². The van der Waals surface area contributed by atoms with E-state index in [9.17, 15) is 9.59 Å². The number of rotatable bonds is 5. The number of hydrogen-bond donors (Lipinski definition) is 1. The Morgan fingerprint density at radius 2 is 1.69 bits per heavy atom. The summed E-state index contributed by atoms with van der Waals surface area (Å²) in [6, 6.07) is 13.3. The highest BCUT2D eigenvalue weighted by Crippen LogP contribution is 2.29. The number of nitrogens with one attached hydrogen (secondary N) is 1. The summed E-state index contributed by atoms with van der Waals surface area (Å²) in [7, 11) is 1.57. The third-order valence-corrected chi connectivity index (χ3v) is 5.24. The zero-order valence-corrected chi connectivity index (χ0v) is 17.6. The molecule has 6 heteroatoms. The second kappa shape index (κ2) is 8.99. The van der Waals surface area contributed by atoms with Gasteiger partial charge in [-0.05, 0) is 30.7 Å². The van der Waals surface area contributed by atoms with Gasteiger partial charge >= 0.3 is 0 Å². The van der Waals surface area contributed by atoms with Crippen LogP contribution in [0.15, 0.2) is 42.5 Å². The van der Waals surface area contributed by atoms with Gasteiger partial charge < -0.3 is 19.9 Å². The molecule has 0 unspecified atom stereocenters. The molecule has 154 valence electrons. The third-order valence-electron chi connectivity index (χ3n) is 5.24. The van der Waals surface area contributed by atoms with Gasteiger partial charge in [0.15, 0.2) is 0 Å². The minimum atomic E-state index is -0.202. The fraction of sp³-hybridized carbons (Fsp3) is 0.391. The molecule has 6 nitrogen and oxygen atoms in total. The zero-order valence-electron chi connectivity index (χ0n) is 17.6.